The maximum Gasteiger partial charge on any atom is 0.329 e. The molecule has 0 aromatic heterocycles. The van der Waals surface area contributed by atoms with Crippen molar-refractivity contribution >= 4 is 11.9 Å². The van der Waals surface area contributed by atoms with Crippen molar-refractivity contribution in [1.82, 2.24) is 10.6 Å². The Balaban J connectivity index is 1.98. The third-order valence-electron chi connectivity index (χ3n) is 3.83. The SMILES string of the molecule is C[C@@H]1CNC[C@H]1C(=O)NC1(C(=O)O)CCC1. The molecule has 90 valence electrons. The molecule has 5 nitrogen and oxygen atoms in total. The minimum Gasteiger partial charge on any atom is -0.480 e. The lowest BCUT2D eigenvalue weighted by Crippen LogP contribution is -2.60. The van der Waals surface area contributed by atoms with Crippen molar-refractivity contribution in [3.63, 3.8) is 0 Å². The lowest BCUT2D eigenvalue weighted by molar-refractivity contribution is -0.152. The van der Waals surface area contributed by atoms with Gasteiger partial charge in [0.05, 0.1) is 5.92 Å². The molecule has 3 N–H and O–H groups in total. The van der Waals surface area contributed by atoms with Gasteiger partial charge in [-0.05, 0) is 31.7 Å². The minimum absolute atomic E-state index is 0.0863. The van der Waals surface area contributed by atoms with Crippen LogP contribution in [0.4, 0.5) is 0 Å². The topological polar surface area (TPSA) is 78.4 Å². The second-order valence-electron chi connectivity index (χ2n) is 4.97. The van der Waals surface area contributed by atoms with E-state index >= 15 is 0 Å². The molecular formula is C11H18N2O3. The Morgan fingerprint density at radius 2 is 2.06 bits per heavy atom. The van der Waals surface area contributed by atoms with Crippen LogP contribution in [0.2, 0.25) is 0 Å². The summed E-state index contributed by atoms with van der Waals surface area (Å²) in [7, 11) is 0. The summed E-state index contributed by atoms with van der Waals surface area (Å²) >= 11 is 0. The Kier molecular flexibility index (Phi) is 2.88. The first-order valence-corrected chi connectivity index (χ1v) is 5.81. The van der Waals surface area contributed by atoms with Crippen molar-refractivity contribution < 1.29 is 14.7 Å². The van der Waals surface area contributed by atoms with Gasteiger partial charge >= 0.3 is 5.97 Å². The molecule has 2 rings (SSSR count). The lowest BCUT2D eigenvalue weighted by atomic mass is 9.76. The molecule has 0 spiro atoms. The van der Waals surface area contributed by atoms with E-state index in [9.17, 15) is 9.59 Å². The zero-order valence-electron chi connectivity index (χ0n) is 9.45. The third kappa shape index (κ3) is 1.80. The van der Waals surface area contributed by atoms with Gasteiger partial charge in [0, 0.05) is 6.54 Å². The molecule has 2 fully saturated rings. The molecule has 1 saturated carbocycles. The van der Waals surface area contributed by atoms with Gasteiger partial charge in [0.1, 0.15) is 5.54 Å². The summed E-state index contributed by atoms with van der Waals surface area (Å²) in [5.74, 6) is -0.812. The molecule has 1 heterocycles. The monoisotopic (exact) mass is 226 g/mol. The average Bonchev–Trinajstić information content (AvgIpc) is 2.57. The van der Waals surface area contributed by atoms with Crippen LogP contribution in [0.3, 0.4) is 0 Å². The fraction of sp³-hybridized carbons (Fsp3) is 0.818. The number of aliphatic carboxylic acids is 1. The van der Waals surface area contributed by atoms with Crippen LogP contribution >= 0.6 is 0 Å². The fourth-order valence-electron chi connectivity index (χ4n) is 2.41. The number of carbonyl (C=O) groups is 2. The number of carbonyl (C=O) groups excluding carboxylic acids is 1. The van der Waals surface area contributed by atoms with Crippen molar-refractivity contribution in [1.29, 1.82) is 0 Å². The molecule has 0 aromatic carbocycles. The van der Waals surface area contributed by atoms with Gasteiger partial charge in [-0.15, -0.1) is 0 Å². The van der Waals surface area contributed by atoms with Gasteiger partial charge in [0.15, 0.2) is 0 Å². The van der Waals surface area contributed by atoms with Crippen molar-refractivity contribution in [2.75, 3.05) is 13.1 Å². The van der Waals surface area contributed by atoms with E-state index in [-0.39, 0.29) is 17.7 Å². The molecule has 0 aromatic rings. The fourth-order valence-corrected chi connectivity index (χ4v) is 2.41. The highest BCUT2D eigenvalue weighted by molar-refractivity contribution is 5.89. The van der Waals surface area contributed by atoms with Crippen molar-refractivity contribution in [3.8, 4) is 0 Å². The minimum atomic E-state index is -0.973. The van der Waals surface area contributed by atoms with E-state index < -0.39 is 11.5 Å². The molecule has 1 saturated heterocycles. The maximum atomic E-state index is 12.0. The highest BCUT2D eigenvalue weighted by atomic mass is 16.4. The molecule has 16 heavy (non-hydrogen) atoms. The summed E-state index contributed by atoms with van der Waals surface area (Å²) in [5, 5.41) is 15.0. The summed E-state index contributed by atoms with van der Waals surface area (Å²) in [4.78, 5) is 23.1. The van der Waals surface area contributed by atoms with Crippen LogP contribution in [-0.2, 0) is 9.59 Å². The van der Waals surface area contributed by atoms with Crippen LogP contribution in [0.5, 0.6) is 0 Å². The highest BCUT2D eigenvalue weighted by Gasteiger charge is 2.47. The van der Waals surface area contributed by atoms with E-state index in [0.29, 0.717) is 19.4 Å². The molecule has 1 aliphatic heterocycles. The van der Waals surface area contributed by atoms with Gasteiger partial charge in [-0.1, -0.05) is 6.92 Å². The molecule has 0 unspecified atom stereocenters. The van der Waals surface area contributed by atoms with Crippen LogP contribution in [0.1, 0.15) is 26.2 Å². The summed E-state index contributed by atoms with van der Waals surface area (Å²) in [6, 6.07) is 0. The summed E-state index contributed by atoms with van der Waals surface area (Å²) in [5.41, 5.74) is -0.973. The highest BCUT2D eigenvalue weighted by Crippen LogP contribution is 2.32. The van der Waals surface area contributed by atoms with Crippen LogP contribution in [0.15, 0.2) is 0 Å². The van der Waals surface area contributed by atoms with Crippen molar-refractivity contribution in [3.05, 3.63) is 0 Å². The predicted molar refractivity (Wildman–Crippen MR) is 57.9 cm³/mol. The Labute approximate surface area is 94.6 Å². The molecule has 0 radical (unpaired) electrons. The molecule has 0 bridgehead atoms. The van der Waals surface area contributed by atoms with E-state index in [0.717, 1.165) is 13.0 Å². The van der Waals surface area contributed by atoms with E-state index in [1.165, 1.54) is 0 Å². The van der Waals surface area contributed by atoms with Crippen LogP contribution < -0.4 is 10.6 Å². The number of hydrogen-bond donors (Lipinski definition) is 3. The number of nitrogens with one attached hydrogen (secondary N) is 2. The normalized spacial score (nSPS) is 31.8. The molecule has 2 atom stereocenters. The van der Waals surface area contributed by atoms with E-state index in [4.69, 9.17) is 5.11 Å². The maximum absolute atomic E-state index is 12.0. The largest absolute Gasteiger partial charge is 0.480 e. The summed E-state index contributed by atoms with van der Waals surface area (Å²) in [6.07, 6.45) is 2.00. The predicted octanol–water partition coefficient (Wildman–Crippen LogP) is -0.0346. The molecule has 1 aliphatic carbocycles. The number of rotatable bonds is 3. The first-order chi connectivity index (χ1) is 7.55. The second kappa shape index (κ2) is 4.05. The number of amides is 1. The van der Waals surface area contributed by atoms with E-state index in [2.05, 4.69) is 10.6 Å². The Bertz CT molecular complexity index is 312. The summed E-state index contributed by atoms with van der Waals surface area (Å²) < 4.78 is 0. The van der Waals surface area contributed by atoms with Gasteiger partial charge < -0.3 is 15.7 Å². The Hall–Kier alpha value is -1.10. The Morgan fingerprint density at radius 3 is 2.44 bits per heavy atom. The number of hydrogen-bond acceptors (Lipinski definition) is 3. The molecule has 5 heteroatoms. The number of carboxylic acids is 1. The second-order valence-corrected chi connectivity index (χ2v) is 4.97. The van der Waals surface area contributed by atoms with E-state index in [1.54, 1.807) is 0 Å². The number of carboxylic acid groups (broad SMARTS) is 1. The standard InChI is InChI=1S/C11H18N2O3/c1-7-5-12-6-8(7)9(14)13-11(10(15)16)3-2-4-11/h7-8,12H,2-6H2,1H3,(H,13,14)(H,15,16)/t7-,8-/m1/s1. The van der Waals surface area contributed by atoms with Crippen LogP contribution in [0.25, 0.3) is 0 Å². The first-order valence-electron chi connectivity index (χ1n) is 5.81. The smallest absolute Gasteiger partial charge is 0.329 e. The summed E-state index contributed by atoms with van der Waals surface area (Å²) in [6.45, 7) is 3.50. The van der Waals surface area contributed by atoms with Gasteiger partial charge in [0.25, 0.3) is 0 Å². The first kappa shape index (κ1) is 11.4. The third-order valence-corrected chi connectivity index (χ3v) is 3.83. The molecular weight excluding hydrogens is 208 g/mol. The zero-order valence-corrected chi connectivity index (χ0v) is 9.45. The lowest BCUT2D eigenvalue weighted by Gasteiger charge is -2.39. The van der Waals surface area contributed by atoms with Crippen molar-refractivity contribution in [2.45, 2.75) is 31.7 Å². The van der Waals surface area contributed by atoms with E-state index in [1.807, 2.05) is 6.92 Å². The molecule has 2 aliphatic rings. The van der Waals surface area contributed by atoms with Gasteiger partial charge in [-0.25, -0.2) is 4.79 Å². The Morgan fingerprint density at radius 1 is 1.38 bits per heavy atom. The van der Waals surface area contributed by atoms with Crippen LogP contribution in [-0.4, -0.2) is 35.6 Å². The zero-order chi connectivity index (χ0) is 11.8. The quantitative estimate of drug-likeness (QED) is 0.631. The van der Waals surface area contributed by atoms with Gasteiger partial charge in [0.2, 0.25) is 5.91 Å². The molecule has 1 amide bonds. The van der Waals surface area contributed by atoms with Crippen molar-refractivity contribution in [2.24, 2.45) is 11.8 Å². The van der Waals surface area contributed by atoms with Gasteiger partial charge in [-0.2, -0.15) is 0 Å². The average molecular weight is 226 g/mol. The van der Waals surface area contributed by atoms with Gasteiger partial charge in [-0.3, -0.25) is 4.79 Å². The van der Waals surface area contributed by atoms with Crippen LogP contribution in [0, 0.1) is 11.8 Å².